The van der Waals surface area contributed by atoms with Gasteiger partial charge < -0.3 is 10.1 Å². The Kier molecular flexibility index (Phi) is 2.91. The van der Waals surface area contributed by atoms with Crippen LogP contribution in [0.1, 0.15) is 31.4 Å². The van der Waals surface area contributed by atoms with Crippen molar-refractivity contribution in [3.63, 3.8) is 0 Å². The molecule has 1 rings (SSSR count). The Morgan fingerprint density at radius 3 is 2.92 bits per heavy atom. The molecule has 0 aromatic carbocycles. The molecule has 1 aromatic rings. The Balaban J connectivity index is 2.63. The topological polar surface area (TPSA) is 53.1 Å². The first kappa shape index (κ1) is 8.84. The quantitative estimate of drug-likeness (QED) is 0.720. The van der Waals surface area contributed by atoms with Crippen molar-refractivity contribution in [2.24, 2.45) is 0 Å². The number of nitrogens with one attached hydrogen (secondary N) is 1. The maximum atomic E-state index is 10.4. The molecule has 3 nitrogen and oxygen atoms in total. The van der Waals surface area contributed by atoms with Gasteiger partial charge in [-0.05, 0) is 18.6 Å². The van der Waals surface area contributed by atoms with E-state index in [-0.39, 0.29) is 12.3 Å². The number of rotatable bonds is 4. The molecule has 0 spiro atoms. The fourth-order valence-electron chi connectivity index (χ4n) is 1.28. The number of hydrogen-bond donors (Lipinski definition) is 2. The van der Waals surface area contributed by atoms with Gasteiger partial charge in [0.2, 0.25) is 0 Å². The molecule has 0 aliphatic heterocycles. The van der Waals surface area contributed by atoms with E-state index >= 15 is 0 Å². The molecular formula is C9H13NO2. The first-order chi connectivity index (χ1) is 5.74. The van der Waals surface area contributed by atoms with Crippen LogP contribution >= 0.6 is 0 Å². The number of carboxylic acid groups (broad SMARTS) is 1. The number of aromatic amines is 1. The van der Waals surface area contributed by atoms with Gasteiger partial charge in [0.25, 0.3) is 0 Å². The second kappa shape index (κ2) is 3.95. The first-order valence-electron chi connectivity index (χ1n) is 4.09. The van der Waals surface area contributed by atoms with Crippen molar-refractivity contribution in [2.75, 3.05) is 0 Å². The molecule has 2 N–H and O–H groups in total. The summed E-state index contributed by atoms with van der Waals surface area (Å²) >= 11 is 0. The zero-order chi connectivity index (χ0) is 8.97. The summed E-state index contributed by atoms with van der Waals surface area (Å²) in [6, 6.07) is 3.82. The van der Waals surface area contributed by atoms with E-state index in [0.717, 1.165) is 12.1 Å². The molecule has 0 saturated carbocycles. The van der Waals surface area contributed by atoms with Crippen LogP contribution in [0.25, 0.3) is 0 Å². The molecule has 12 heavy (non-hydrogen) atoms. The highest BCUT2D eigenvalue weighted by Gasteiger charge is 2.13. The van der Waals surface area contributed by atoms with Crippen molar-refractivity contribution in [3.8, 4) is 0 Å². The molecule has 0 radical (unpaired) electrons. The van der Waals surface area contributed by atoms with Crippen LogP contribution < -0.4 is 0 Å². The van der Waals surface area contributed by atoms with Gasteiger partial charge in [-0.2, -0.15) is 0 Å². The SMILES string of the molecule is CCC(CC(=O)O)c1ccc[nH]1. The highest BCUT2D eigenvalue weighted by Crippen LogP contribution is 2.20. The number of H-pyrrole nitrogens is 1. The van der Waals surface area contributed by atoms with Gasteiger partial charge in [0.1, 0.15) is 0 Å². The highest BCUT2D eigenvalue weighted by molar-refractivity contribution is 5.67. The molecule has 66 valence electrons. The molecular weight excluding hydrogens is 154 g/mol. The predicted molar refractivity (Wildman–Crippen MR) is 46.1 cm³/mol. The normalized spacial score (nSPS) is 12.8. The lowest BCUT2D eigenvalue weighted by Gasteiger charge is -2.09. The molecule has 1 atom stereocenters. The minimum Gasteiger partial charge on any atom is -0.481 e. The van der Waals surface area contributed by atoms with Gasteiger partial charge in [-0.15, -0.1) is 0 Å². The Labute approximate surface area is 71.4 Å². The van der Waals surface area contributed by atoms with E-state index in [1.807, 2.05) is 25.3 Å². The van der Waals surface area contributed by atoms with Gasteiger partial charge in [0.15, 0.2) is 0 Å². The van der Waals surface area contributed by atoms with Crippen LogP contribution in [-0.2, 0) is 4.79 Å². The summed E-state index contributed by atoms with van der Waals surface area (Å²) in [5, 5.41) is 8.60. The van der Waals surface area contributed by atoms with E-state index in [0.29, 0.717) is 0 Å². The van der Waals surface area contributed by atoms with Crippen LogP contribution in [0.3, 0.4) is 0 Å². The van der Waals surface area contributed by atoms with Crippen molar-refractivity contribution in [1.29, 1.82) is 0 Å². The lowest BCUT2D eigenvalue weighted by atomic mass is 9.99. The van der Waals surface area contributed by atoms with Gasteiger partial charge in [0.05, 0.1) is 6.42 Å². The minimum absolute atomic E-state index is 0.123. The van der Waals surface area contributed by atoms with Crippen molar-refractivity contribution in [1.82, 2.24) is 4.98 Å². The van der Waals surface area contributed by atoms with Gasteiger partial charge in [0, 0.05) is 17.8 Å². The van der Waals surface area contributed by atoms with E-state index in [2.05, 4.69) is 4.98 Å². The fourth-order valence-corrected chi connectivity index (χ4v) is 1.28. The summed E-state index contributed by atoms with van der Waals surface area (Å²) in [5.41, 5.74) is 1.01. The van der Waals surface area contributed by atoms with E-state index in [9.17, 15) is 4.79 Å². The minimum atomic E-state index is -0.739. The fraction of sp³-hybridized carbons (Fsp3) is 0.444. The van der Waals surface area contributed by atoms with Crippen LogP contribution in [0.5, 0.6) is 0 Å². The summed E-state index contributed by atoms with van der Waals surface area (Å²) in [6.45, 7) is 1.99. The van der Waals surface area contributed by atoms with Crippen molar-refractivity contribution >= 4 is 5.97 Å². The molecule has 0 bridgehead atoms. The lowest BCUT2D eigenvalue weighted by Crippen LogP contribution is -2.05. The summed E-state index contributed by atoms with van der Waals surface area (Å²) in [5.74, 6) is -0.617. The Morgan fingerprint density at radius 2 is 2.50 bits per heavy atom. The van der Waals surface area contributed by atoms with Gasteiger partial charge in [-0.3, -0.25) is 4.79 Å². The van der Waals surface area contributed by atoms with E-state index in [4.69, 9.17) is 5.11 Å². The average Bonchev–Trinajstić information content (AvgIpc) is 2.51. The van der Waals surface area contributed by atoms with E-state index in [1.165, 1.54) is 0 Å². The third-order valence-corrected chi connectivity index (χ3v) is 1.98. The van der Waals surface area contributed by atoms with Crippen LogP contribution in [0, 0.1) is 0 Å². The highest BCUT2D eigenvalue weighted by atomic mass is 16.4. The third kappa shape index (κ3) is 2.12. The molecule has 0 aliphatic carbocycles. The Hall–Kier alpha value is -1.25. The Bertz CT molecular complexity index is 241. The Morgan fingerprint density at radius 1 is 1.75 bits per heavy atom. The zero-order valence-corrected chi connectivity index (χ0v) is 7.08. The maximum absolute atomic E-state index is 10.4. The molecule has 0 amide bonds. The van der Waals surface area contributed by atoms with E-state index in [1.54, 1.807) is 0 Å². The smallest absolute Gasteiger partial charge is 0.304 e. The molecule has 3 heteroatoms. The van der Waals surface area contributed by atoms with E-state index < -0.39 is 5.97 Å². The van der Waals surface area contributed by atoms with Crippen LogP contribution in [-0.4, -0.2) is 16.1 Å². The van der Waals surface area contributed by atoms with Crippen LogP contribution in [0.15, 0.2) is 18.3 Å². The van der Waals surface area contributed by atoms with Crippen molar-refractivity contribution < 1.29 is 9.90 Å². The third-order valence-electron chi connectivity index (χ3n) is 1.98. The average molecular weight is 167 g/mol. The predicted octanol–water partition coefficient (Wildman–Crippen LogP) is 1.98. The largest absolute Gasteiger partial charge is 0.481 e. The van der Waals surface area contributed by atoms with Gasteiger partial charge in [-0.25, -0.2) is 0 Å². The number of hydrogen-bond acceptors (Lipinski definition) is 1. The summed E-state index contributed by atoms with van der Waals surface area (Å²) in [7, 11) is 0. The van der Waals surface area contributed by atoms with Crippen molar-refractivity contribution in [3.05, 3.63) is 24.0 Å². The standard InChI is InChI=1S/C9H13NO2/c1-2-7(6-9(11)12)8-4-3-5-10-8/h3-5,7,10H,2,6H2,1H3,(H,11,12). The van der Waals surface area contributed by atoms with Crippen LogP contribution in [0.4, 0.5) is 0 Å². The molecule has 0 aliphatic rings. The van der Waals surface area contributed by atoms with Crippen LogP contribution in [0.2, 0.25) is 0 Å². The second-order valence-electron chi connectivity index (χ2n) is 2.83. The van der Waals surface area contributed by atoms with Gasteiger partial charge in [-0.1, -0.05) is 6.92 Å². The second-order valence-corrected chi connectivity index (χ2v) is 2.83. The summed E-state index contributed by atoms with van der Waals surface area (Å²) < 4.78 is 0. The summed E-state index contributed by atoms with van der Waals surface area (Å²) in [4.78, 5) is 13.5. The zero-order valence-electron chi connectivity index (χ0n) is 7.08. The lowest BCUT2D eigenvalue weighted by molar-refractivity contribution is -0.137. The summed E-state index contributed by atoms with van der Waals surface area (Å²) in [6.07, 6.45) is 2.88. The number of carboxylic acids is 1. The number of carbonyl (C=O) groups is 1. The molecule has 1 aromatic heterocycles. The number of aliphatic carboxylic acids is 1. The molecule has 0 fully saturated rings. The molecule has 1 heterocycles. The molecule has 1 unspecified atom stereocenters. The molecule has 0 saturated heterocycles. The first-order valence-corrected chi connectivity index (χ1v) is 4.09. The maximum Gasteiger partial charge on any atom is 0.304 e. The number of aromatic nitrogens is 1. The van der Waals surface area contributed by atoms with Crippen molar-refractivity contribution in [2.45, 2.75) is 25.7 Å². The monoisotopic (exact) mass is 167 g/mol. The van der Waals surface area contributed by atoms with Gasteiger partial charge >= 0.3 is 5.97 Å².